The first-order chi connectivity index (χ1) is 12.3. The lowest BCUT2D eigenvalue weighted by atomic mass is 10.2. The van der Waals surface area contributed by atoms with Crippen molar-refractivity contribution in [3.63, 3.8) is 0 Å². The van der Waals surface area contributed by atoms with Crippen molar-refractivity contribution in [2.75, 3.05) is 13.1 Å². The third-order valence-corrected chi connectivity index (χ3v) is 4.54. The molecule has 2 heterocycles. The van der Waals surface area contributed by atoms with Crippen LogP contribution in [-0.4, -0.2) is 61.9 Å². The number of ether oxygens (including phenoxy) is 1. The van der Waals surface area contributed by atoms with Crippen molar-refractivity contribution in [2.24, 2.45) is 0 Å². The Morgan fingerprint density at radius 3 is 2.54 bits per heavy atom. The molecule has 1 N–H and O–H groups in total. The van der Waals surface area contributed by atoms with Crippen LogP contribution in [0.1, 0.15) is 23.4 Å². The van der Waals surface area contributed by atoms with Crippen LogP contribution in [0.15, 0.2) is 18.2 Å². The first-order valence-corrected chi connectivity index (χ1v) is 8.59. The molecule has 8 nitrogen and oxygen atoms in total. The third kappa shape index (κ3) is 3.53. The number of halogens is 2. The second-order valence-corrected chi connectivity index (χ2v) is 6.76. The number of rotatable bonds is 3. The average Bonchev–Trinajstić information content (AvgIpc) is 2.95. The molecule has 26 heavy (non-hydrogen) atoms. The second kappa shape index (κ2) is 7.22. The van der Waals surface area contributed by atoms with Gasteiger partial charge in [-0.2, -0.15) is 0 Å². The fourth-order valence-corrected chi connectivity index (χ4v) is 3.34. The van der Waals surface area contributed by atoms with Gasteiger partial charge in [-0.3, -0.25) is 4.79 Å². The third-order valence-electron chi connectivity index (χ3n) is 3.93. The molecular weight excluding hydrogens is 383 g/mol. The Balaban J connectivity index is 1.91. The number of carbonyl (C=O) groups is 2. The van der Waals surface area contributed by atoms with E-state index in [2.05, 4.69) is 10.1 Å². The summed E-state index contributed by atoms with van der Waals surface area (Å²) in [5.41, 5.74) is 0.429. The largest absolute Gasteiger partial charge is 0.479 e. The number of aliphatic carboxylic acids is 1. The summed E-state index contributed by atoms with van der Waals surface area (Å²) >= 11 is 12.4. The Kier molecular flexibility index (Phi) is 5.17. The van der Waals surface area contributed by atoms with E-state index < -0.39 is 24.1 Å². The Bertz CT molecular complexity index is 850. The summed E-state index contributed by atoms with van der Waals surface area (Å²) in [5, 5.41) is 14.1. The Morgan fingerprint density at radius 1 is 1.27 bits per heavy atom. The van der Waals surface area contributed by atoms with Gasteiger partial charge in [0.15, 0.2) is 6.10 Å². The number of carboxylic acid groups (broad SMARTS) is 1. The zero-order valence-corrected chi connectivity index (χ0v) is 15.5. The molecule has 0 bridgehead atoms. The molecule has 0 spiro atoms. The molecule has 1 unspecified atom stereocenters. The minimum atomic E-state index is -1.12. The van der Waals surface area contributed by atoms with Crippen LogP contribution >= 0.6 is 23.2 Å². The maximum Gasteiger partial charge on any atom is 0.334 e. The highest BCUT2D eigenvalue weighted by Gasteiger charge is 2.34. The lowest BCUT2D eigenvalue weighted by molar-refractivity contribution is -0.160. The monoisotopic (exact) mass is 398 g/mol. The molecule has 3 rings (SSSR count). The summed E-state index contributed by atoms with van der Waals surface area (Å²) in [5.74, 6) is -1.22. The molecular formula is C16H16Cl2N4O4. The van der Waals surface area contributed by atoms with Crippen LogP contribution < -0.4 is 0 Å². The van der Waals surface area contributed by atoms with Gasteiger partial charge in [0, 0.05) is 6.54 Å². The van der Waals surface area contributed by atoms with Crippen LogP contribution in [0.2, 0.25) is 10.0 Å². The fraction of sp³-hybridized carbons (Fsp3) is 0.375. The number of morpholine rings is 1. The molecule has 1 aliphatic heterocycles. The predicted molar refractivity (Wildman–Crippen MR) is 94.0 cm³/mol. The van der Waals surface area contributed by atoms with Crippen LogP contribution in [0.4, 0.5) is 0 Å². The van der Waals surface area contributed by atoms with Gasteiger partial charge in [0.2, 0.25) is 5.82 Å². The summed E-state index contributed by atoms with van der Waals surface area (Å²) in [6, 6.07) is 5.02. The number of hydrogen-bond acceptors (Lipinski definition) is 5. The van der Waals surface area contributed by atoms with Crippen molar-refractivity contribution in [1.29, 1.82) is 0 Å². The van der Waals surface area contributed by atoms with Gasteiger partial charge in [-0.05, 0) is 26.0 Å². The Labute approximate surface area is 159 Å². The van der Waals surface area contributed by atoms with E-state index in [0.29, 0.717) is 21.6 Å². The topological polar surface area (TPSA) is 97.6 Å². The van der Waals surface area contributed by atoms with Gasteiger partial charge >= 0.3 is 5.97 Å². The predicted octanol–water partition coefficient (Wildman–Crippen LogP) is 2.20. The maximum atomic E-state index is 12.8. The Hall–Kier alpha value is -2.16. The van der Waals surface area contributed by atoms with Crippen LogP contribution in [0.3, 0.4) is 0 Å². The molecule has 1 aromatic heterocycles. The second-order valence-electron chi connectivity index (χ2n) is 5.95. The van der Waals surface area contributed by atoms with Crippen LogP contribution in [-0.2, 0) is 9.53 Å². The van der Waals surface area contributed by atoms with Gasteiger partial charge in [0.05, 0.1) is 22.7 Å². The lowest BCUT2D eigenvalue weighted by Gasteiger charge is -2.34. The van der Waals surface area contributed by atoms with E-state index in [4.69, 9.17) is 33.0 Å². The quantitative estimate of drug-likeness (QED) is 0.850. The fourth-order valence-electron chi connectivity index (χ4n) is 2.78. The highest BCUT2D eigenvalue weighted by Crippen LogP contribution is 2.28. The molecule has 138 valence electrons. The van der Waals surface area contributed by atoms with Crippen molar-refractivity contribution in [3.8, 4) is 5.69 Å². The molecule has 1 aliphatic rings. The van der Waals surface area contributed by atoms with Crippen molar-refractivity contribution >= 4 is 35.1 Å². The number of benzene rings is 1. The van der Waals surface area contributed by atoms with Gasteiger partial charge in [-0.15, -0.1) is 5.10 Å². The molecule has 2 aromatic rings. The number of carboxylic acids is 1. The van der Waals surface area contributed by atoms with E-state index in [-0.39, 0.29) is 18.9 Å². The number of carbonyl (C=O) groups excluding carboxylic acids is 1. The summed E-state index contributed by atoms with van der Waals surface area (Å²) in [7, 11) is 0. The van der Waals surface area contributed by atoms with Gasteiger partial charge in [0.1, 0.15) is 11.5 Å². The molecule has 0 aliphatic carbocycles. The first-order valence-electron chi connectivity index (χ1n) is 7.83. The molecule has 10 heteroatoms. The smallest absolute Gasteiger partial charge is 0.334 e. The van der Waals surface area contributed by atoms with E-state index in [9.17, 15) is 9.59 Å². The zero-order valence-electron chi connectivity index (χ0n) is 14.0. The van der Waals surface area contributed by atoms with Crippen molar-refractivity contribution in [1.82, 2.24) is 19.7 Å². The minimum absolute atomic E-state index is 0.0586. The van der Waals surface area contributed by atoms with Crippen LogP contribution in [0, 0.1) is 6.92 Å². The molecule has 1 aromatic carbocycles. The van der Waals surface area contributed by atoms with Gasteiger partial charge < -0.3 is 14.7 Å². The van der Waals surface area contributed by atoms with E-state index in [1.54, 1.807) is 32.0 Å². The minimum Gasteiger partial charge on any atom is -0.479 e. The average molecular weight is 399 g/mol. The standard InChI is InChI=1S/C16H16Cl2N4O4/c1-8-6-21(7-12(26-8)16(24)25)15(23)14-19-9(2)22(20-14)13-10(17)4-3-5-11(13)18/h3-5,8,12H,6-7H2,1-2H3,(H,24,25)/t8-,12?/m1/s1. The molecule has 2 atom stereocenters. The number of nitrogens with zero attached hydrogens (tertiary/aromatic N) is 4. The number of aromatic nitrogens is 3. The van der Waals surface area contributed by atoms with Gasteiger partial charge in [0.25, 0.3) is 5.91 Å². The van der Waals surface area contributed by atoms with E-state index in [1.807, 2.05) is 0 Å². The van der Waals surface area contributed by atoms with Crippen LogP contribution in [0.25, 0.3) is 5.69 Å². The van der Waals surface area contributed by atoms with Crippen molar-refractivity contribution in [3.05, 3.63) is 39.9 Å². The lowest BCUT2D eigenvalue weighted by Crippen LogP contribution is -2.52. The maximum absolute atomic E-state index is 12.8. The van der Waals surface area contributed by atoms with Gasteiger partial charge in [-0.25, -0.2) is 14.5 Å². The van der Waals surface area contributed by atoms with E-state index in [1.165, 1.54) is 9.58 Å². The first kappa shape index (κ1) is 18.6. The number of hydrogen-bond donors (Lipinski definition) is 1. The highest BCUT2D eigenvalue weighted by atomic mass is 35.5. The summed E-state index contributed by atoms with van der Waals surface area (Å²) in [4.78, 5) is 29.5. The normalized spacial score (nSPS) is 20.2. The number of aryl methyl sites for hydroxylation is 1. The van der Waals surface area contributed by atoms with Crippen LogP contribution in [0.5, 0.6) is 0 Å². The summed E-state index contributed by atoms with van der Waals surface area (Å²) in [6.07, 6.45) is -1.49. The highest BCUT2D eigenvalue weighted by molar-refractivity contribution is 6.37. The molecule has 0 saturated carbocycles. The van der Waals surface area contributed by atoms with Crippen molar-refractivity contribution in [2.45, 2.75) is 26.1 Å². The summed E-state index contributed by atoms with van der Waals surface area (Å²) in [6.45, 7) is 3.56. The molecule has 1 fully saturated rings. The molecule has 1 amide bonds. The molecule has 1 saturated heterocycles. The number of para-hydroxylation sites is 1. The number of amides is 1. The Morgan fingerprint density at radius 2 is 1.92 bits per heavy atom. The van der Waals surface area contributed by atoms with E-state index >= 15 is 0 Å². The summed E-state index contributed by atoms with van der Waals surface area (Å²) < 4.78 is 6.72. The van der Waals surface area contributed by atoms with E-state index in [0.717, 1.165) is 0 Å². The van der Waals surface area contributed by atoms with Crippen molar-refractivity contribution < 1.29 is 19.4 Å². The zero-order chi connectivity index (χ0) is 19.0. The SMILES string of the molecule is Cc1nc(C(=O)N2CC(C(=O)O)O[C@H](C)C2)nn1-c1c(Cl)cccc1Cl. The molecule has 0 radical (unpaired) electrons. The van der Waals surface area contributed by atoms with Gasteiger partial charge in [-0.1, -0.05) is 29.3 Å².